The van der Waals surface area contributed by atoms with E-state index in [0.717, 1.165) is 5.56 Å². The van der Waals surface area contributed by atoms with Crippen LogP contribution in [0.25, 0.3) is 11.3 Å². The van der Waals surface area contributed by atoms with Gasteiger partial charge in [-0.15, -0.1) is 0 Å². The molecule has 0 saturated heterocycles. The molecule has 8 heteroatoms. The van der Waals surface area contributed by atoms with E-state index in [1.54, 1.807) is 6.07 Å². The molecule has 3 aromatic rings. The summed E-state index contributed by atoms with van der Waals surface area (Å²) >= 11 is 0. The molecule has 27 heavy (non-hydrogen) atoms. The smallest absolute Gasteiger partial charge is 0.214 e. The lowest BCUT2D eigenvalue weighted by atomic mass is 10.1. The third-order valence-electron chi connectivity index (χ3n) is 3.75. The fourth-order valence-corrected chi connectivity index (χ4v) is 3.24. The number of hydrogen-bond donors (Lipinski definition) is 1. The number of hydrogen-bond acceptors (Lipinski definition) is 5. The van der Waals surface area contributed by atoms with Gasteiger partial charge in [0.05, 0.1) is 11.4 Å². The van der Waals surface area contributed by atoms with E-state index in [1.165, 1.54) is 24.3 Å². The van der Waals surface area contributed by atoms with Crippen LogP contribution in [0, 0.1) is 5.82 Å². The van der Waals surface area contributed by atoms with Crippen LogP contribution in [0.1, 0.15) is 5.69 Å². The van der Waals surface area contributed by atoms with Crippen LogP contribution in [0.3, 0.4) is 0 Å². The molecule has 0 aliphatic rings. The van der Waals surface area contributed by atoms with E-state index < -0.39 is 10.0 Å². The minimum atomic E-state index is -3.48. The fraction of sp³-hybridized carbons (Fsp3) is 0.211. The number of nitrogens with one attached hydrogen (secondary N) is 1. The van der Waals surface area contributed by atoms with Crippen LogP contribution in [0.2, 0.25) is 0 Å². The zero-order valence-corrected chi connectivity index (χ0v) is 15.3. The molecule has 0 bridgehead atoms. The number of rotatable bonds is 9. The average Bonchev–Trinajstić information content (AvgIpc) is 3.13. The zero-order valence-electron chi connectivity index (χ0n) is 14.5. The Labute approximate surface area is 157 Å². The van der Waals surface area contributed by atoms with Gasteiger partial charge in [0.2, 0.25) is 10.0 Å². The Morgan fingerprint density at radius 1 is 1.07 bits per heavy atom. The van der Waals surface area contributed by atoms with E-state index in [4.69, 9.17) is 9.26 Å². The lowest BCUT2D eigenvalue weighted by Gasteiger charge is -2.08. The number of aromatic nitrogens is 1. The first-order valence-electron chi connectivity index (χ1n) is 8.38. The van der Waals surface area contributed by atoms with Gasteiger partial charge in [0, 0.05) is 24.6 Å². The lowest BCUT2D eigenvalue weighted by molar-refractivity contribution is 0.339. The predicted octanol–water partition coefficient (Wildman–Crippen LogP) is 3.02. The summed E-state index contributed by atoms with van der Waals surface area (Å²) in [5.74, 6) is 0.488. The van der Waals surface area contributed by atoms with Crippen LogP contribution in [-0.4, -0.2) is 32.5 Å². The highest BCUT2D eigenvalue weighted by Gasteiger charge is 2.12. The molecule has 0 atom stereocenters. The van der Waals surface area contributed by atoms with E-state index in [1.807, 2.05) is 30.3 Å². The van der Waals surface area contributed by atoms with Crippen molar-refractivity contribution in [1.29, 1.82) is 0 Å². The van der Waals surface area contributed by atoms with Gasteiger partial charge < -0.3 is 9.26 Å². The Morgan fingerprint density at radius 2 is 1.81 bits per heavy atom. The maximum Gasteiger partial charge on any atom is 0.214 e. The second-order valence-corrected chi connectivity index (χ2v) is 7.74. The summed E-state index contributed by atoms with van der Waals surface area (Å²) in [4.78, 5) is 0. The molecule has 1 heterocycles. The summed E-state index contributed by atoms with van der Waals surface area (Å²) in [6.45, 7) is 0.183. The van der Waals surface area contributed by atoms with Crippen molar-refractivity contribution in [3.63, 3.8) is 0 Å². The first-order chi connectivity index (χ1) is 13.0. The van der Waals surface area contributed by atoms with E-state index >= 15 is 0 Å². The second kappa shape index (κ2) is 8.79. The normalized spacial score (nSPS) is 11.4. The van der Waals surface area contributed by atoms with Gasteiger partial charge in [-0.05, 0) is 24.3 Å². The highest BCUT2D eigenvalue weighted by molar-refractivity contribution is 7.89. The molecule has 0 radical (unpaired) electrons. The van der Waals surface area contributed by atoms with Crippen molar-refractivity contribution < 1.29 is 22.1 Å². The quantitative estimate of drug-likeness (QED) is 0.607. The minimum absolute atomic E-state index is 0.0247. The predicted molar refractivity (Wildman–Crippen MR) is 99.3 cm³/mol. The standard InChI is InChI=1S/C19H19FN2O4S/c20-16-6-8-18(9-7-16)25-12-13-27(23,24)21-11-10-17-14-19(26-22-17)15-4-2-1-3-5-15/h1-9,14,21H,10-13H2. The third kappa shape index (κ3) is 5.90. The Bertz CT molecular complexity index is 957. The molecule has 6 nitrogen and oxygen atoms in total. The highest BCUT2D eigenvalue weighted by Crippen LogP contribution is 2.19. The molecule has 0 spiro atoms. The number of halogens is 1. The molecule has 1 aromatic heterocycles. The molecule has 0 aliphatic carbocycles. The summed E-state index contributed by atoms with van der Waals surface area (Å²) in [5.41, 5.74) is 1.58. The van der Waals surface area contributed by atoms with Crippen LogP contribution in [0.15, 0.2) is 65.2 Å². The average molecular weight is 390 g/mol. The van der Waals surface area contributed by atoms with Gasteiger partial charge in [-0.2, -0.15) is 0 Å². The van der Waals surface area contributed by atoms with Crippen LogP contribution < -0.4 is 9.46 Å². The number of ether oxygens (including phenoxy) is 1. The first kappa shape index (κ1) is 19.1. The van der Waals surface area contributed by atoms with Gasteiger partial charge >= 0.3 is 0 Å². The molecule has 2 aromatic carbocycles. The van der Waals surface area contributed by atoms with Gasteiger partial charge in [-0.1, -0.05) is 35.5 Å². The molecule has 1 N–H and O–H groups in total. The molecular weight excluding hydrogens is 371 g/mol. The maximum absolute atomic E-state index is 12.8. The highest BCUT2D eigenvalue weighted by atomic mass is 32.2. The monoisotopic (exact) mass is 390 g/mol. The van der Waals surface area contributed by atoms with Crippen LogP contribution >= 0.6 is 0 Å². The zero-order chi connectivity index (χ0) is 19.1. The van der Waals surface area contributed by atoms with Crippen LogP contribution in [0.4, 0.5) is 4.39 Å². The molecule has 0 saturated carbocycles. The fourth-order valence-electron chi connectivity index (χ4n) is 2.37. The Kier molecular flexibility index (Phi) is 6.20. The molecule has 0 amide bonds. The van der Waals surface area contributed by atoms with Gasteiger partial charge in [-0.25, -0.2) is 17.5 Å². The SMILES string of the molecule is O=S(=O)(CCOc1ccc(F)cc1)NCCc1cc(-c2ccccc2)on1. The van der Waals surface area contributed by atoms with Crippen molar-refractivity contribution in [1.82, 2.24) is 9.88 Å². The van der Waals surface area contributed by atoms with Crippen molar-refractivity contribution >= 4 is 10.0 Å². The van der Waals surface area contributed by atoms with Crippen molar-refractivity contribution in [2.45, 2.75) is 6.42 Å². The van der Waals surface area contributed by atoms with Crippen molar-refractivity contribution in [2.24, 2.45) is 0 Å². The summed E-state index contributed by atoms with van der Waals surface area (Å²) in [5, 5.41) is 3.96. The summed E-state index contributed by atoms with van der Waals surface area (Å²) in [6.07, 6.45) is 0.411. The van der Waals surface area contributed by atoms with Crippen molar-refractivity contribution in [2.75, 3.05) is 18.9 Å². The molecule has 0 unspecified atom stereocenters. The van der Waals surface area contributed by atoms with Crippen molar-refractivity contribution in [3.05, 3.63) is 72.2 Å². The molecule has 142 valence electrons. The third-order valence-corrected chi connectivity index (χ3v) is 5.10. The minimum Gasteiger partial charge on any atom is -0.492 e. The number of nitrogens with zero attached hydrogens (tertiary/aromatic N) is 1. The Morgan fingerprint density at radius 3 is 2.56 bits per heavy atom. The molecule has 0 aliphatic heterocycles. The van der Waals surface area contributed by atoms with Gasteiger partial charge in [0.1, 0.15) is 18.2 Å². The summed E-state index contributed by atoms with van der Waals surface area (Å²) in [6, 6.07) is 16.7. The molecule has 3 rings (SSSR count). The topological polar surface area (TPSA) is 81.4 Å². The van der Waals surface area contributed by atoms with Gasteiger partial charge in [-0.3, -0.25) is 0 Å². The number of benzene rings is 2. The second-order valence-electron chi connectivity index (χ2n) is 5.81. The van der Waals surface area contributed by atoms with E-state index in [9.17, 15) is 12.8 Å². The number of sulfonamides is 1. The van der Waals surface area contributed by atoms with Gasteiger partial charge in [0.25, 0.3) is 0 Å². The largest absolute Gasteiger partial charge is 0.492 e. The van der Waals surface area contributed by atoms with Crippen LogP contribution in [0.5, 0.6) is 5.75 Å². The molecule has 0 fully saturated rings. The van der Waals surface area contributed by atoms with Crippen molar-refractivity contribution in [3.8, 4) is 17.1 Å². The van der Waals surface area contributed by atoms with E-state index in [0.29, 0.717) is 23.6 Å². The first-order valence-corrected chi connectivity index (χ1v) is 10.0. The van der Waals surface area contributed by atoms with Gasteiger partial charge in [0.15, 0.2) is 5.76 Å². The lowest BCUT2D eigenvalue weighted by Crippen LogP contribution is -2.30. The van der Waals surface area contributed by atoms with E-state index in [2.05, 4.69) is 9.88 Å². The Hall–Kier alpha value is -2.71. The summed E-state index contributed by atoms with van der Waals surface area (Å²) in [7, 11) is -3.48. The Balaban J connectivity index is 1.42. The van der Waals surface area contributed by atoms with E-state index in [-0.39, 0.29) is 24.7 Å². The molecular formula is C19H19FN2O4S. The maximum atomic E-state index is 12.8. The summed E-state index contributed by atoms with van der Waals surface area (Å²) < 4.78 is 49.9. The van der Waals surface area contributed by atoms with Crippen LogP contribution in [-0.2, 0) is 16.4 Å².